The van der Waals surface area contributed by atoms with Crippen molar-refractivity contribution >= 4 is 13.1 Å². The van der Waals surface area contributed by atoms with Gasteiger partial charge < -0.3 is 14.8 Å². The van der Waals surface area contributed by atoms with Crippen molar-refractivity contribution in [3.05, 3.63) is 29.3 Å². The molecule has 1 aromatic rings. The molecule has 4 nitrogen and oxygen atoms in total. The summed E-state index contributed by atoms with van der Waals surface area (Å²) in [5.74, 6) is -0.237. The van der Waals surface area contributed by atoms with E-state index in [4.69, 9.17) is 9.76 Å². The van der Waals surface area contributed by atoms with Gasteiger partial charge in [0, 0.05) is 5.82 Å². The molecule has 0 saturated heterocycles. The van der Waals surface area contributed by atoms with Gasteiger partial charge in [0.1, 0.15) is 5.75 Å². The minimum atomic E-state index is -1.02. The molecule has 1 aromatic carbocycles. The third-order valence-electron chi connectivity index (χ3n) is 3.12. The molecule has 1 aliphatic heterocycles. The van der Waals surface area contributed by atoms with Crippen LogP contribution in [0.3, 0.4) is 0 Å². The Kier molecular flexibility index (Phi) is 1.62. The monoisotopic (exact) mass is 204 g/mol. The summed E-state index contributed by atoms with van der Waals surface area (Å²) in [6, 6.07) is 5.09. The molecule has 1 fully saturated rings. The molecule has 0 bridgehead atoms. The van der Waals surface area contributed by atoms with Crippen molar-refractivity contribution < 1.29 is 19.6 Å². The second kappa shape index (κ2) is 2.76. The van der Waals surface area contributed by atoms with E-state index in [1.807, 2.05) is 6.07 Å². The molecule has 2 N–H and O–H groups in total. The third kappa shape index (κ3) is 1.16. The molecule has 5 heteroatoms. The Balaban J connectivity index is 2.14. The van der Waals surface area contributed by atoms with E-state index in [0.717, 1.165) is 12.0 Å². The number of hydrogen-bond donors (Lipinski definition) is 2. The normalized spacial score (nSPS) is 26.3. The van der Waals surface area contributed by atoms with Gasteiger partial charge in [-0.2, -0.15) is 0 Å². The predicted octanol–water partition coefficient (Wildman–Crippen LogP) is 1.12. The molecule has 1 saturated carbocycles. The fraction of sp³-hybridized carbons (Fsp3) is 0.300. The molecule has 1 aliphatic carbocycles. The second-order valence-electron chi connectivity index (χ2n) is 4.04. The first-order chi connectivity index (χ1) is 7.18. The lowest BCUT2D eigenvalue weighted by atomic mass is 9.77. The molecule has 0 radical (unpaired) electrons. The Hall–Kier alpha value is -1.49. The maximum absolute atomic E-state index is 10.9. The number of carboxylic acids is 1. The van der Waals surface area contributed by atoms with Gasteiger partial charge in [-0.1, -0.05) is 12.1 Å². The molecule has 76 valence electrons. The van der Waals surface area contributed by atoms with Crippen LogP contribution in [-0.2, 0) is 0 Å². The number of hydrogen-bond acceptors (Lipinski definition) is 3. The fourth-order valence-corrected chi connectivity index (χ4v) is 2.24. The van der Waals surface area contributed by atoms with Crippen LogP contribution in [0.1, 0.15) is 28.3 Å². The van der Waals surface area contributed by atoms with E-state index in [9.17, 15) is 9.82 Å². The molecule has 3 rings (SSSR count). The van der Waals surface area contributed by atoms with Gasteiger partial charge >= 0.3 is 13.1 Å². The zero-order valence-corrected chi connectivity index (χ0v) is 7.88. The van der Waals surface area contributed by atoms with E-state index in [1.54, 1.807) is 6.07 Å². The molecular weight excluding hydrogens is 195 g/mol. The molecule has 2 aliphatic rings. The van der Waals surface area contributed by atoms with Crippen molar-refractivity contribution in [1.82, 2.24) is 0 Å². The number of carboxylic acid groups (broad SMARTS) is 1. The van der Waals surface area contributed by atoms with Gasteiger partial charge in [-0.15, -0.1) is 0 Å². The summed E-state index contributed by atoms with van der Waals surface area (Å²) in [4.78, 5) is 10.9. The zero-order valence-electron chi connectivity index (χ0n) is 7.88. The van der Waals surface area contributed by atoms with Crippen LogP contribution in [0.2, 0.25) is 5.82 Å². The van der Waals surface area contributed by atoms with Gasteiger partial charge in [-0.05, 0) is 24.0 Å². The van der Waals surface area contributed by atoms with E-state index in [0.29, 0.717) is 5.75 Å². The van der Waals surface area contributed by atoms with Gasteiger partial charge in [0.25, 0.3) is 0 Å². The van der Waals surface area contributed by atoms with Gasteiger partial charge in [0.2, 0.25) is 0 Å². The smallest absolute Gasteiger partial charge is 0.526 e. The van der Waals surface area contributed by atoms with Gasteiger partial charge in [-0.25, -0.2) is 4.79 Å². The predicted molar refractivity (Wildman–Crippen MR) is 53.1 cm³/mol. The maximum atomic E-state index is 10.9. The quantitative estimate of drug-likeness (QED) is 0.672. The third-order valence-corrected chi connectivity index (χ3v) is 3.12. The highest BCUT2D eigenvalue weighted by atomic mass is 16.5. The first-order valence-corrected chi connectivity index (χ1v) is 4.89. The number of aromatic carboxylic acids is 1. The van der Waals surface area contributed by atoms with Crippen LogP contribution in [0.5, 0.6) is 5.75 Å². The van der Waals surface area contributed by atoms with Crippen LogP contribution in [0, 0.1) is 0 Å². The molecule has 15 heavy (non-hydrogen) atoms. The Morgan fingerprint density at radius 3 is 3.07 bits per heavy atom. The fourth-order valence-electron chi connectivity index (χ4n) is 2.24. The molecule has 0 amide bonds. The van der Waals surface area contributed by atoms with E-state index in [2.05, 4.69) is 0 Å². The van der Waals surface area contributed by atoms with Crippen molar-refractivity contribution in [3.8, 4) is 5.75 Å². The average Bonchev–Trinajstić information content (AvgIpc) is 2.97. The van der Waals surface area contributed by atoms with Crippen molar-refractivity contribution in [2.24, 2.45) is 0 Å². The minimum Gasteiger partial charge on any atom is -0.535 e. The number of fused-ring (bicyclic) bond motifs is 3. The first kappa shape index (κ1) is 8.79. The van der Waals surface area contributed by atoms with Crippen molar-refractivity contribution in [3.63, 3.8) is 0 Å². The van der Waals surface area contributed by atoms with E-state index in [-0.39, 0.29) is 17.3 Å². The highest BCUT2D eigenvalue weighted by molar-refractivity contribution is 6.48. The second-order valence-corrected chi connectivity index (χ2v) is 4.04. The van der Waals surface area contributed by atoms with E-state index >= 15 is 0 Å². The highest BCUT2D eigenvalue weighted by Gasteiger charge is 2.54. The SMILES string of the molecule is O=C(O)c1cccc2c1OB(O)[C@H]1CC21. The molecule has 0 aromatic heterocycles. The lowest BCUT2D eigenvalue weighted by molar-refractivity contribution is 0.0694. The lowest BCUT2D eigenvalue weighted by Crippen LogP contribution is -2.27. The minimum absolute atomic E-state index is 0.136. The van der Waals surface area contributed by atoms with Crippen LogP contribution in [0.15, 0.2) is 18.2 Å². The van der Waals surface area contributed by atoms with Crippen LogP contribution < -0.4 is 4.65 Å². The standard InChI is InChI=1S/C10H9BO4/c12-10(13)6-3-1-2-5-7-4-8(7)11(14)15-9(5)6/h1-3,7-8,14H,4H2,(H,12,13)/t7?,8-/m0/s1. The summed E-state index contributed by atoms with van der Waals surface area (Å²) in [5, 5.41) is 18.5. The molecule has 1 heterocycles. The molecular formula is C10H9BO4. The first-order valence-electron chi connectivity index (χ1n) is 4.89. The van der Waals surface area contributed by atoms with Crippen LogP contribution in [0.25, 0.3) is 0 Å². The van der Waals surface area contributed by atoms with Gasteiger partial charge in [-0.3, -0.25) is 0 Å². The Labute approximate surface area is 86.6 Å². The lowest BCUT2D eigenvalue weighted by Gasteiger charge is -2.20. The maximum Gasteiger partial charge on any atom is 0.526 e. The van der Waals surface area contributed by atoms with Gasteiger partial charge in [0.15, 0.2) is 0 Å². The van der Waals surface area contributed by atoms with E-state index in [1.165, 1.54) is 6.07 Å². The van der Waals surface area contributed by atoms with Crippen LogP contribution in [0.4, 0.5) is 0 Å². The largest absolute Gasteiger partial charge is 0.535 e. The Morgan fingerprint density at radius 1 is 1.53 bits per heavy atom. The molecule has 1 unspecified atom stereocenters. The Bertz CT molecular complexity index is 445. The number of carbonyl (C=O) groups is 1. The highest BCUT2D eigenvalue weighted by Crippen LogP contribution is 2.60. The topological polar surface area (TPSA) is 66.8 Å². The van der Waals surface area contributed by atoms with Crippen molar-refractivity contribution in [2.45, 2.75) is 18.2 Å². The number of benzene rings is 1. The van der Waals surface area contributed by atoms with Crippen molar-refractivity contribution in [1.29, 1.82) is 0 Å². The van der Waals surface area contributed by atoms with Gasteiger partial charge in [0.05, 0.1) is 5.56 Å². The summed E-state index contributed by atoms with van der Waals surface area (Å²) in [6.45, 7) is 0. The average molecular weight is 204 g/mol. The van der Waals surface area contributed by atoms with E-state index < -0.39 is 13.1 Å². The summed E-state index contributed by atoms with van der Waals surface area (Å²) in [6.07, 6.45) is 0.886. The molecule has 2 atom stereocenters. The summed E-state index contributed by atoms with van der Waals surface area (Å²) in [7, 11) is -0.844. The number of rotatable bonds is 1. The number of para-hydroxylation sites is 1. The zero-order chi connectivity index (χ0) is 10.6. The summed E-state index contributed by atoms with van der Waals surface area (Å²) in [5.41, 5.74) is 1.06. The summed E-state index contributed by atoms with van der Waals surface area (Å²) >= 11 is 0. The van der Waals surface area contributed by atoms with Crippen LogP contribution >= 0.6 is 0 Å². The summed E-state index contributed by atoms with van der Waals surface area (Å²) < 4.78 is 5.25. The van der Waals surface area contributed by atoms with Crippen LogP contribution in [-0.4, -0.2) is 23.2 Å². The Morgan fingerprint density at radius 2 is 2.33 bits per heavy atom. The van der Waals surface area contributed by atoms with Crippen molar-refractivity contribution in [2.75, 3.05) is 0 Å². The molecule has 0 spiro atoms.